The van der Waals surface area contributed by atoms with Gasteiger partial charge < -0.3 is 15.6 Å². The van der Waals surface area contributed by atoms with Crippen LogP contribution in [0, 0.1) is 35.1 Å². The molecule has 0 aliphatic heterocycles. The molecule has 1 heterocycles. The number of thioether (sulfide) groups is 1. The summed E-state index contributed by atoms with van der Waals surface area (Å²) >= 11 is 1.71. The third-order valence-corrected chi connectivity index (χ3v) is 4.35. The minimum absolute atomic E-state index is 0.323. The van der Waals surface area contributed by atoms with E-state index in [1.807, 2.05) is 19.2 Å². The van der Waals surface area contributed by atoms with Gasteiger partial charge in [0.15, 0.2) is 6.19 Å². The highest BCUT2D eigenvalue weighted by molar-refractivity contribution is 7.98. The predicted octanol–water partition coefficient (Wildman–Crippen LogP) is 0.634. The van der Waals surface area contributed by atoms with Crippen LogP contribution in [0.2, 0.25) is 0 Å². The lowest BCUT2D eigenvalue weighted by molar-refractivity contribution is -0.126. The Bertz CT molecular complexity index is 698. The van der Waals surface area contributed by atoms with Gasteiger partial charge in [0.1, 0.15) is 5.41 Å². The smallest absolute Gasteiger partial charge is 0.239 e. The van der Waals surface area contributed by atoms with Crippen LogP contribution in [-0.2, 0) is 10.5 Å². The van der Waals surface area contributed by atoms with Gasteiger partial charge in [0.2, 0.25) is 11.9 Å². The van der Waals surface area contributed by atoms with Crippen LogP contribution in [0.4, 0.5) is 0 Å². The number of aryl methyl sites for hydroxylation is 1. The van der Waals surface area contributed by atoms with E-state index >= 15 is 0 Å². The molecule has 4 N–H and O–H groups in total. The number of imidazole rings is 1. The Kier molecular flexibility index (Phi) is 9.02. The molecule has 0 aromatic carbocycles. The quantitative estimate of drug-likeness (QED) is 0.163. The van der Waals surface area contributed by atoms with Crippen LogP contribution in [-0.4, -0.2) is 47.2 Å². The van der Waals surface area contributed by atoms with Crippen LogP contribution in [0.25, 0.3) is 0 Å². The Morgan fingerprint density at radius 3 is 2.73 bits per heavy atom. The lowest BCUT2D eigenvalue weighted by Gasteiger charge is -2.15. The molecule has 0 spiro atoms. The summed E-state index contributed by atoms with van der Waals surface area (Å²) in [6.07, 6.45) is 3.51. The third kappa shape index (κ3) is 7.45. The second kappa shape index (κ2) is 11.0. The number of carbonyl (C=O) groups is 1. The highest BCUT2D eigenvalue weighted by atomic mass is 32.2. The van der Waals surface area contributed by atoms with Crippen molar-refractivity contribution < 1.29 is 4.79 Å². The summed E-state index contributed by atoms with van der Waals surface area (Å²) in [5, 5.41) is 25.8. The fourth-order valence-corrected chi connectivity index (χ4v) is 2.59. The van der Waals surface area contributed by atoms with E-state index in [-0.39, 0.29) is 5.91 Å². The number of guanidine groups is 1. The number of nitrogens with one attached hydrogen (secondary N) is 4. The van der Waals surface area contributed by atoms with Gasteiger partial charge in [-0.05, 0) is 20.8 Å². The van der Waals surface area contributed by atoms with E-state index in [9.17, 15) is 4.79 Å². The van der Waals surface area contributed by atoms with Gasteiger partial charge >= 0.3 is 0 Å². The van der Waals surface area contributed by atoms with Gasteiger partial charge in [-0.1, -0.05) is 0 Å². The first-order valence-corrected chi connectivity index (χ1v) is 9.25. The van der Waals surface area contributed by atoms with Gasteiger partial charge in [0.25, 0.3) is 0 Å². The van der Waals surface area contributed by atoms with E-state index in [0.29, 0.717) is 25.6 Å². The highest BCUT2D eigenvalue weighted by Gasteiger charge is 2.26. The average Bonchev–Trinajstić information content (AvgIpc) is 3.02. The maximum atomic E-state index is 11.8. The van der Waals surface area contributed by atoms with Crippen molar-refractivity contribution in [3.63, 3.8) is 0 Å². The largest absolute Gasteiger partial charge is 0.354 e. The number of aliphatic imine (C=N–C) groups is 1. The molecule has 26 heavy (non-hydrogen) atoms. The summed E-state index contributed by atoms with van der Waals surface area (Å²) < 4.78 is 0. The number of amides is 1. The number of aromatic amines is 1. The van der Waals surface area contributed by atoms with Crippen molar-refractivity contribution in [2.24, 2.45) is 10.4 Å². The molecule has 0 bridgehead atoms. The van der Waals surface area contributed by atoms with E-state index in [0.717, 1.165) is 22.9 Å². The Morgan fingerprint density at radius 2 is 2.12 bits per heavy atom. The number of rotatable bonds is 9. The first kappa shape index (κ1) is 21.3. The first-order valence-electron chi connectivity index (χ1n) is 8.10. The Morgan fingerprint density at radius 1 is 1.38 bits per heavy atom. The molecule has 0 fully saturated rings. The Labute approximate surface area is 157 Å². The van der Waals surface area contributed by atoms with Crippen molar-refractivity contribution in [3.8, 4) is 12.3 Å². The van der Waals surface area contributed by atoms with Gasteiger partial charge in [0, 0.05) is 30.3 Å². The van der Waals surface area contributed by atoms with Crippen LogP contribution in [0.5, 0.6) is 0 Å². The molecule has 10 heteroatoms. The van der Waals surface area contributed by atoms with Crippen molar-refractivity contribution in [1.82, 2.24) is 25.9 Å². The molecular weight excluding hydrogens is 352 g/mol. The highest BCUT2D eigenvalue weighted by Crippen LogP contribution is 2.12. The summed E-state index contributed by atoms with van der Waals surface area (Å²) in [5.74, 6) is 1.62. The zero-order valence-corrected chi connectivity index (χ0v) is 16.0. The summed E-state index contributed by atoms with van der Waals surface area (Å²) in [6, 6.07) is 1.94. The SMILES string of the molecule is Cc1[nH]cnc1CSCCN=C(NC#N)NCCNC(=O)C(C)(C)C#N. The number of nitrogens with zero attached hydrogens (tertiary/aromatic N) is 4. The molecular formula is C16H24N8OS. The number of carbonyl (C=O) groups excluding carboxylic acids is 1. The molecule has 0 saturated heterocycles. The number of H-pyrrole nitrogens is 1. The van der Waals surface area contributed by atoms with Crippen molar-refractivity contribution in [3.05, 3.63) is 17.7 Å². The first-order chi connectivity index (χ1) is 12.4. The summed E-state index contributed by atoms with van der Waals surface area (Å²) in [5.41, 5.74) is 1.03. The lowest BCUT2D eigenvalue weighted by atomic mass is 9.95. The van der Waals surface area contributed by atoms with Gasteiger partial charge in [-0.3, -0.25) is 15.1 Å². The molecule has 140 valence electrons. The van der Waals surface area contributed by atoms with Crippen LogP contribution < -0.4 is 16.0 Å². The van der Waals surface area contributed by atoms with E-state index in [2.05, 4.69) is 30.9 Å². The van der Waals surface area contributed by atoms with E-state index in [4.69, 9.17) is 10.5 Å². The van der Waals surface area contributed by atoms with Crippen molar-refractivity contribution >= 4 is 23.6 Å². The number of aromatic nitrogens is 2. The van der Waals surface area contributed by atoms with Gasteiger partial charge in [-0.2, -0.15) is 22.3 Å². The normalized spacial score (nSPS) is 11.3. The van der Waals surface area contributed by atoms with E-state index < -0.39 is 5.41 Å². The lowest BCUT2D eigenvalue weighted by Crippen LogP contribution is -2.43. The van der Waals surface area contributed by atoms with Crippen molar-refractivity contribution in [2.75, 3.05) is 25.4 Å². The van der Waals surface area contributed by atoms with Crippen molar-refractivity contribution in [2.45, 2.75) is 26.5 Å². The minimum atomic E-state index is -1.06. The fourth-order valence-electron chi connectivity index (χ4n) is 1.74. The second-order valence-corrected chi connectivity index (χ2v) is 7.02. The van der Waals surface area contributed by atoms with Crippen LogP contribution >= 0.6 is 11.8 Å². The summed E-state index contributed by atoms with van der Waals surface area (Å²) in [6.45, 7) is 6.35. The van der Waals surface area contributed by atoms with E-state index in [1.165, 1.54) is 0 Å². The van der Waals surface area contributed by atoms with Gasteiger partial charge in [-0.25, -0.2) is 4.98 Å². The molecule has 0 atom stereocenters. The zero-order valence-electron chi connectivity index (χ0n) is 15.2. The molecule has 0 aliphatic carbocycles. The van der Waals surface area contributed by atoms with Gasteiger partial charge in [-0.15, -0.1) is 0 Å². The molecule has 1 rings (SSSR count). The number of hydrogen-bond donors (Lipinski definition) is 4. The minimum Gasteiger partial charge on any atom is -0.354 e. The number of nitriles is 2. The molecule has 0 unspecified atom stereocenters. The maximum absolute atomic E-state index is 11.8. The molecule has 9 nitrogen and oxygen atoms in total. The van der Waals surface area contributed by atoms with E-state index in [1.54, 1.807) is 31.9 Å². The summed E-state index contributed by atoms with van der Waals surface area (Å²) in [7, 11) is 0. The van der Waals surface area contributed by atoms with Crippen LogP contribution in [0.1, 0.15) is 25.2 Å². The molecule has 0 saturated carbocycles. The average molecular weight is 376 g/mol. The van der Waals surface area contributed by atoms with Gasteiger partial charge in [0.05, 0.1) is 24.6 Å². The van der Waals surface area contributed by atoms with Crippen LogP contribution in [0.15, 0.2) is 11.3 Å². The van der Waals surface area contributed by atoms with Crippen molar-refractivity contribution in [1.29, 1.82) is 10.5 Å². The standard InChI is InChI=1S/C16H24N8OS/c1-12-13(24-11-23-12)8-26-7-6-21-15(22-10-18)20-5-4-19-14(25)16(2,3)9-17/h11H,4-8H2,1-3H3,(H,19,25)(H,23,24)(H2,20,21,22). The molecule has 0 radical (unpaired) electrons. The maximum Gasteiger partial charge on any atom is 0.239 e. The topological polar surface area (TPSA) is 142 Å². The molecule has 1 aromatic rings. The number of hydrogen-bond acceptors (Lipinski definition) is 6. The second-order valence-electron chi connectivity index (χ2n) is 5.91. The van der Waals surface area contributed by atoms with Crippen LogP contribution in [0.3, 0.4) is 0 Å². The molecule has 1 amide bonds. The monoisotopic (exact) mass is 376 g/mol. The third-order valence-electron chi connectivity index (χ3n) is 3.40. The predicted molar refractivity (Wildman–Crippen MR) is 101 cm³/mol. The molecule has 0 aliphatic rings. The Hall–Kier alpha value is -2.72. The zero-order chi connectivity index (χ0) is 19.4. The fraction of sp³-hybridized carbons (Fsp3) is 0.562. The molecule has 1 aromatic heterocycles. The summed E-state index contributed by atoms with van der Waals surface area (Å²) in [4.78, 5) is 23.3. The Balaban J connectivity index is 2.28.